The first kappa shape index (κ1) is 24.4. The third-order valence-corrected chi connectivity index (χ3v) is 6.21. The van der Waals surface area contributed by atoms with Gasteiger partial charge >= 0.3 is 0 Å². The van der Waals surface area contributed by atoms with Crippen molar-refractivity contribution in [1.82, 2.24) is 14.8 Å². The van der Waals surface area contributed by atoms with Crippen molar-refractivity contribution in [3.05, 3.63) is 101 Å². The van der Waals surface area contributed by atoms with Crippen molar-refractivity contribution in [1.29, 1.82) is 0 Å². The second-order valence-electron chi connectivity index (χ2n) is 8.50. The van der Waals surface area contributed by atoms with E-state index in [-0.39, 0.29) is 18.4 Å². The zero-order chi connectivity index (χ0) is 23.8. The normalized spacial score (nSPS) is 15.4. The lowest BCUT2D eigenvalue weighted by Crippen LogP contribution is -2.51. The molecule has 0 saturated carbocycles. The Morgan fingerprint density at radius 2 is 1.53 bits per heavy atom. The van der Waals surface area contributed by atoms with Crippen LogP contribution in [0.25, 0.3) is 0 Å². The lowest BCUT2D eigenvalue weighted by Gasteiger charge is -2.37. The average Bonchev–Trinajstić information content (AvgIpc) is 2.86. The van der Waals surface area contributed by atoms with Gasteiger partial charge in [-0.05, 0) is 23.3 Å². The SMILES string of the molecule is O=C(C(c1ccccc1)c1ccccc1)N1CCN(CC(O)COCc2cccc(Cl)n2)CC1. The Balaban J connectivity index is 1.28. The monoisotopic (exact) mass is 479 g/mol. The van der Waals surface area contributed by atoms with E-state index >= 15 is 0 Å². The highest BCUT2D eigenvalue weighted by atomic mass is 35.5. The summed E-state index contributed by atoms with van der Waals surface area (Å²) in [6.45, 7) is 3.73. The lowest BCUT2D eigenvalue weighted by atomic mass is 9.90. The van der Waals surface area contributed by atoms with Gasteiger partial charge in [0.2, 0.25) is 5.91 Å². The zero-order valence-corrected chi connectivity index (χ0v) is 19.8. The molecule has 1 unspecified atom stereocenters. The minimum absolute atomic E-state index is 0.120. The number of carbonyl (C=O) groups is 1. The summed E-state index contributed by atoms with van der Waals surface area (Å²) in [6, 6.07) is 25.3. The molecule has 0 spiro atoms. The smallest absolute Gasteiger partial charge is 0.234 e. The average molecular weight is 480 g/mol. The van der Waals surface area contributed by atoms with Crippen molar-refractivity contribution >= 4 is 17.5 Å². The third-order valence-electron chi connectivity index (χ3n) is 6.00. The quantitative estimate of drug-likeness (QED) is 0.475. The van der Waals surface area contributed by atoms with Crippen LogP contribution in [-0.2, 0) is 16.1 Å². The molecule has 2 aromatic carbocycles. The summed E-state index contributed by atoms with van der Waals surface area (Å²) in [4.78, 5) is 21.8. The number of ether oxygens (including phenoxy) is 1. The number of carbonyl (C=O) groups excluding carboxylic acids is 1. The van der Waals surface area contributed by atoms with Crippen LogP contribution < -0.4 is 0 Å². The van der Waals surface area contributed by atoms with Crippen molar-refractivity contribution in [3.8, 4) is 0 Å². The van der Waals surface area contributed by atoms with Crippen LogP contribution in [0.2, 0.25) is 5.15 Å². The van der Waals surface area contributed by atoms with Gasteiger partial charge in [0.15, 0.2) is 0 Å². The number of hydrogen-bond acceptors (Lipinski definition) is 5. The molecule has 6 nitrogen and oxygen atoms in total. The van der Waals surface area contributed by atoms with E-state index in [4.69, 9.17) is 16.3 Å². The number of aliphatic hydroxyl groups is 1. The summed E-state index contributed by atoms with van der Waals surface area (Å²) in [6.07, 6.45) is -0.608. The first-order chi connectivity index (χ1) is 16.6. The van der Waals surface area contributed by atoms with E-state index in [1.807, 2.05) is 77.7 Å². The van der Waals surface area contributed by atoms with Crippen molar-refractivity contribution in [2.75, 3.05) is 39.3 Å². The number of amides is 1. The summed E-state index contributed by atoms with van der Waals surface area (Å²) >= 11 is 5.89. The van der Waals surface area contributed by atoms with Gasteiger partial charge in [0.05, 0.1) is 30.9 Å². The van der Waals surface area contributed by atoms with E-state index in [0.29, 0.717) is 31.4 Å². The van der Waals surface area contributed by atoms with Crippen LogP contribution in [0.3, 0.4) is 0 Å². The Morgan fingerprint density at radius 3 is 2.12 bits per heavy atom. The Hall–Kier alpha value is -2.77. The molecule has 1 aliphatic heterocycles. The first-order valence-corrected chi connectivity index (χ1v) is 12.0. The maximum absolute atomic E-state index is 13.6. The maximum Gasteiger partial charge on any atom is 0.234 e. The van der Waals surface area contributed by atoms with Crippen molar-refractivity contribution in [2.45, 2.75) is 18.6 Å². The highest BCUT2D eigenvalue weighted by molar-refractivity contribution is 6.29. The standard InChI is InChI=1S/C27H30ClN3O3/c28-25-13-7-12-23(29-25)19-34-20-24(32)18-30-14-16-31(17-15-30)27(33)26(21-8-3-1-4-9-21)22-10-5-2-6-11-22/h1-13,24,26,32H,14-20H2. The van der Waals surface area contributed by atoms with Gasteiger partial charge in [-0.15, -0.1) is 0 Å². The van der Waals surface area contributed by atoms with Crippen LogP contribution in [-0.4, -0.2) is 71.2 Å². The molecule has 7 heteroatoms. The number of rotatable bonds is 9. The van der Waals surface area contributed by atoms with Crippen LogP contribution in [0.1, 0.15) is 22.7 Å². The van der Waals surface area contributed by atoms with Crippen molar-refractivity contribution < 1.29 is 14.6 Å². The molecule has 1 amide bonds. The molecule has 0 radical (unpaired) electrons. The van der Waals surface area contributed by atoms with E-state index in [1.165, 1.54) is 0 Å². The fourth-order valence-electron chi connectivity index (χ4n) is 4.28. The summed E-state index contributed by atoms with van der Waals surface area (Å²) in [5, 5.41) is 10.8. The zero-order valence-electron chi connectivity index (χ0n) is 19.1. The molecule has 1 aromatic heterocycles. The van der Waals surface area contributed by atoms with Gasteiger partial charge in [0.1, 0.15) is 5.15 Å². The number of aliphatic hydroxyl groups excluding tert-OH is 1. The predicted octanol–water partition coefficient (Wildman–Crippen LogP) is 3.59. The molecule has 0 aliphatic carbocycles. The number of piperazine rings is 1. The Kier molecular flexibility index (Phi) is 8.66. The number of hydrogen-bond donors (Lipinski definition) is 1. The molecule has 1 saturated heterocycles. The Morgan fingerprint density at radius 1 is 0.912 bits per heavy atom. The molecule has 1 fully saturated rings. The third kappa shape index (κ3) is 6.64. The van der Waals surface area contributed by atoms with Gasteiger partial charge in [0.25, 0.3) is 0 Å². The van der Waals surface area contributed by atoms with Gasteiger partial charge < -0.3 is 14.7 Å². The molecule has 2 heterocycles. The van der Waals surface area contributed by atoms with Gasteiger partial charge in [0, 0.05) is 32.7 Å². The minimum atomic E-state index is -0.608. The van der Waals surface area contributed by atoms with E-state index in [2.05, 4.69) is 9.88 Å². The number of β-amino-alcohol motifs (C(OH)–C–C–N with tert-alkyl or cyclic N) is 1. The summed E-state index contributed by atoms with van der Waals surface area (Å²) in [7, 11) is 0. The number of halogens is 1. The minimum Gasteiger partial charge on any atom is -0.389 e. The Labute approximate surface area is 205 Å². The van der Waals surface area contributed by atoms with Gasteiger partial charge in [-0.3, -0.25) is 9.69 Å². The molecular formula is C27H30ClN3O3. The van der Waals surface area contributed by atoms with Crippen LogP contribution in [0.5, 0.6) is 0 Å². The lowest BCUT2D eigenvalue weighted by molar-refractivity contribution is -0.133. The first-order valence-electron chi connectivity index (χ1n) is 11.6. The van der Waals surface area contributed by atoms with E-state index < -0.39 is 6.10 Å². The molecule has 1 aliphatic rings. The predicted molar refractivity (Wildman–Crippen MR) is 133 cm³/mol. The molecular weight excluding hydrogens is 450 g/mol. The van der Waals surface area contributed by atoms with Gasteiger partial charge in [-0.2, -0.15) is 0 Å². The van der Waals surface area contributed by atoms with Crippen LogP contribution >= 0.6 is 11.6 Å². The number of aromatic nitrogens is 1. The van der Waals surface area contributed by atoms with Gasteiger partial charge in [-0.25, -0.2) is 4.98 Å². The molecule has 0 bridgehead atoms. The largest absolute Gasteiger partial charge is 0.389 e. The van der Waals surface area contributed by atoms with Crippen LogP contribution in [0, 0.1) is 0 Å². The fraction of sp³-hybridized carbons (Fsp3) is 0.333. The highest BCUT2D eigenvalue weighted by Crippen LogP contribution is 2.27. The maximum atomic E-state index is 13.6. The number of pyridine rings is 1. The molecule has 4 rings (SSSR count). The Bertz CT molecular complexity index is 1000. The topological polar surface area (TPSA) is 65.9 Å². The van der Waals surface area contributed by atoms with E-state index in [0.717, 1.165) is 29.9 Å². The molecule has 3 aromatic rings. The number of nitrogens with zero attached hydrogens (tertiary/aromatic N) is 3. The van der Waals surface area contributed by atoms with E-state index in [9.17, 15) is 9.90 Å². The molecule has 1 N–H and O–H groups in total. The second-order valence-corrected chi connectivity index (χ2v) is 8.89. The van der Waals surface area contributed by atoms with Gasteiger partial charge in [-0.1, -0.05) is 78.3 Å². The highest BCUT2D eigenvalue weighted by Gasteiger charge is 2.30. The molecule has 178 valence electrons. The van der Waals surface area contributed by atoms with Crippen molar-refractivity contribution in [2.24, 2.45) is 0 Å². The summed E-state index contributed by atoms with van der Waals surface area (Å²) in [5.41, 5.74) is 2.74. The summed E-state index contributed by atoms with van der Waals surface area (Å²) in [5.74, 6) is -0.192. The molecule has 1 atom stereocenters. The molecule has 34 heavy (non-hydrogen) atoms. The summed E-state index contributed by atoms with van der Waals surface area (Å²) < 4.78 is 5.60. The fourth-order valence-corrected chi connectivity index (χ4v) is 4.46. The number of benzene rings is 2. The van der Waals surface area contributed by atoms with Crippen LogP contribution in [0.4, 0.5) is 0 Å². The second kappa shape index (κ2) is 12.1. The van der Waals surface area contributed by atoms with E-state index in [1.54, 1.807) is 6.07 Å². The van der Waals surface area contributed by atoms with Crippen molar-refractivity contribution in [3.63, 3.8) is 0 Å². The van der Waals surface area contributed by atoms with Crippen LogP contribution in [0.15, 0.2) is 78.9 Å².